The summed E-state index contributed by atoms with van der Waals surface area (Å²) in [4.78, 5) is 12.1. The van der Waals surface area contributed by atoms with E-state index >= 15 is 0 Å². The molecule has 1 amide bonds. The van der Waals surface area contributed by atoms with Gasteiger partial charge in [0.1, 0.15) is 12.4 Å². The molecule has 1 atom stereocenters. The molecule has 6 nitrogen and oxygen atoms in total. The van der Waals surface area contributed by atoms with Gasteiger partial charge in [-0.15, -0.1) is 0 Å². The van der Waals surface area contributed by atoms with Crippen molar-refractivity contribution >= 4 is 28.1 Å². The van der Waals surface area contributed by atoms with E-state index in [1.54, 1.807) is 19.2 Å². The summed E-state index contributed by atoms with van der Waals surface area (Å²) < 4.78 is 17.3. The quantitative estimate of drug-likeness (QED) is 0.643. The third-order valence-corrected chi connectivity index (χ3v) is 3.86. The van der Waals surface area contributed by atoms with Crippen LogP contribution in [0.1, 0.15) is 5.56 Å². The van der Waals surface area contributed by atoms with Gasteiger partial charge in [0.25, 0.3) is 5.91 Å². The summed E-state index contributed by atoms with van der Waals surface area (Å²) >= 11 is 3.38. The second-order valence-electron chi connectivity index (χ2n) is 4.98. The molecule has 7 heteroatoms. The van der Waals surface area contributed by atoms with Crippen molar-refractivity contribution in [3.63, 3.8) is 0 Å². The number of rotatable bonds is 4. The topological polar surface area (TPSA) is 69.2 Å². The first-order chi connectivity index (χ1) is 11.7. The Kier molecular flexibility index (Phi) is 5.00. The van der Waals surface area contributed by atoms with E-state index in [-0.39, 0.29) is 12.5 Å². The summed E-state index contributed by atoms with van der Waals surface area (Å²) in [6, 6.07) is 12.7. The fourth-order valence-electron chi connectivity index (χ4n) is 2.19. The minimum absolute atomic E-state index is 0.137. The second kappa shape index (κ2) is 7.35. The zero-order valence-electron chi connectivity index (χ0n) is 12.9. The van der Waals surface area contributed by atoms with Gasteiger partial charge in [0.2, 0.25) is 6.10 Å². The Balaban J connectivity index is 1.63. The standard InChI is InChI=1S/C17H15BrN2O4/c1-22-13-7-6-12(18)8-11(13)9-19-20-17(21)16-10-23-14-4-2-3-5-15(14)24-16/h2-9,16H,10H2,1H3,(H,20,21)/b19-9-/t16-/m1/s1. The molecule has 3 rings (SSSR count). The highest BCUT2D eigenvalue weighted by molar-refractivity contribution is 9.10. The summed E-state index contributed by atoms with van der Waals surface area (Å²) in [5.74, 6) is 1.45. The number of carbonyl (C=O) groups excluding carboxylic acids is 1. The maximum absolute atomic E-state index is 12.1. The number of halogens is 1. The van der Waals surface area contributed by atoms with Gasteiger partial charge in [-0.05, 0) is 30.3 Å². The highest BCUT2D eigenvalue weighted by atomic mass is 79.9. The molecule has 0 fully saturated rings. The van der Waals surface area contributed by atoms with Crippen LogP contribution in [0.15, 0.2) is 52.0 Å². The number of para-hydroxylation sites is 2. The van der Waals surface area contributed by atoms with Crippen molar-refractivity contribution in [3.05, 3.63) is 52.5 Å². The van der Waals surface area contributed by atoms with Crippen molar-refractivity contribution in [1.29, 1.82) is 0 Å². The van der Waals surface area contributed by atoms with Crippen molar-refractivity contribution in [2.45, 2.75) is 6.10 Å². The Labute approximate surface area is 147 Å². The molecular formula is C17H15BrN2O4. The molecular weight excluding hydrogens is 376 g/mol. The summed E-state index contributed by atoms with van der Waals surface area (Å²) in [7, 11) is 1.57. The third kappa shape index (κ3) is 3.68. The molecule has 124 valence electrons. The molecule has 0 spiro atoms. The lowest BCUT2D eigenvalue weighted by Gasteiger charge is -2.24. The second-order valence-corrected chi connectivity index (χ2v) is 5.90. The van der Waals surface area contributed by atoms with Crippen LogP contribution in [0, 0.1) is 0 Å². The first-order valence-electron chi connectivity index (χ1n) is 7.22. The van der Waals surface area contributed by atoms with Gasteiger partial charge >= 0.3 is 0 Å². The van der Waals surface area contributed by atoms with Gasteiger partial charge in [-0.2, -0.15) is 5.10 Å². The number of hydrazone groups is 1. The van der Waals surface area contributed by atoms with E-state index in [4.69, 9.17) is 14.2 Å². The van der Waals surface area contributed by atoms with Gasteiger partial charge in [-0.3, -0.25) is 4.79 Å². The summed E-state index contributed by atoms with van der Waals surface area (Å²) in [6.07, 6.45) is 0.764. The molecule has 0 aliphatic carbocycles. The van der Waals surface area contributed by atoms with E-state index in [1.165, 1.54) is 6.21 Å². The highest BCUT2D eigenvalue weighted by Gasteiger charge is 2.26. The monoisotopic (exact) mass is 390 g/mol. The van der Waals surface area contributed by atoms with Crippen LogP contribution in [0.25, 0.3) is 0 Å². The molecule has 2 aromatic rings. The van der Waals surface area contributed by atoms with Gasteiger partial charge < -0.3 is 14.2 Å². The van der Waals surface area contributed by atoms with Gasteiger partial charge in [0.05, 0.1) is 13.3 Å². The molecule has 2 aromatic carbocycles. The zero-order chi connectivity index (χ0) is 16.9. The summed E-state index contributed by atoms with van der Waals surface area (Å²) in [5.41, 5.74) is 3.19. The molecule has 0 bridgehead atoms. The Morgan fingerprint density at radius 1 is 1.33 bits per heavy atom. The maximum atomic E-state index is 12.1. The molecule has 0 saturated heterocycles. The number of nitrogens with zero attached hydrogens (tertiary/aromatic N) is 1. The average molecular weight is 391 g/mol. The van der Waals surface area contributed by atoms with E-state index in [0.717, 1.165) is 10.0 Å². The van der Waals surface area contributed by atoms with Crippen molar-refractivity contribution < 1.29 is 19.0 Å². The van der Waals surface area contributed by atoms with E-state index in [9.17, 15) is 4.79 Å². The van der Waals surface area contributed by atoms with Crippen molar-refractivity contribution in [2.24, 2.45) is 5.10 Å². The first-order valence-corrected chi connectivity index (χ1v) is 8.01. The van der Waals surface area contributed by atoms with Crippen LogP contribution in [-0.4, -0.2) is 31.9 Å². The number of hydrogen-bond acceptors (Lipinski definition) is 5. The van der Waals surface area contributed by atoms with Crippen LogP contribution < -0.4 is 19.6 Å². The van der Waals surface area contributed by atoms with Crippen molar-refractivity contribution in [1.82, 2.24) is 5.43 Å². The SMILES string of the molecule is COc1ccc(Br)cc1/C=N\NC(=O)[C@H]1COc2ccccc2O1. The molecule has 0 aromatic heterocycles. The predicted octanol–water partition coefficient (Wildman–Crippen LogP) is 2.75. The Bertz CT molecular complexity index is 779. The molecule has 0 unspecified atom stereocenters. The fraction of sp³-hybridized carbons (Fsp3) is 0.176. The lowest BCUT2D eigenvalue weighted by Crippen LogP contribution is -2.42. The van der Waals surface area contributed by atoms with Gasteiger partial charge in [-0.1, -0.05) is 28.1 Å². The van der Waals surface area contributed by atoms with Crippen LogP contribution in [-0.2, 0) is 4.79 Å². The van der Waals surface area contributed by atoms with Gasteiger partial charge in [-0.25, -0.2) is 5.43 Å². The van der Waals surface area contributed by atoms with Crippen molar-refractivity contribution in [2.75, 3.05) is 13.7 Å². The summed E-state index contributed by atoms with van der Waals surface area (Å²) in [5, 5.41) is 3.96. The van der Waals surface area contributed by atoms with E-state index in [2.05, 4.69) is 26.5 Å². The molecule has 1 N–H and O–H groups in total. The van der Waals surface area contributed by atoms with Crippen LogP contribution in [0.3, 0.4) is 0 Å². The van der Waals surface area contributed by atoms with Crippen LogP contribution >= 0.6 is 15.9 Å². The number of fused-ring (bicyclic) bond motifs is 1. The van der Waals surface area contributed by atoms with E-state index in [0.29, 0.717) is 17.2 Å². The third-order valence-electron chi connectivity index (χ3n) is 3.37. The number of ether oxygens (including phenoxy) is 3. The number of carbonyl (C=O) groups is 1. The lowest BCUT2D eigenvalue weighted by molar-refractivity contribution is -0.130. The summed E-state index contributed by atoms with van der Waals surface area (Å²) in [6.45, 7) is 0.137. The van der Waals surface area contributed by atoms with Crippen molar-refractivity contribution in [3.8, 4) is 17.2 Å². The van der Waals surface area contributed by atoms with Crippen LogP contribution in [0.2, 0.25) is 0 Å². The number of amides is 1. The Morgan fingerprint density at radius 2 is 2.12 bits per heavy atom. The van der Waals surface area contributed by atoms with Gasteiger partial charge in [0, 0.05) is 10.0 Å². The smallest absolute Gasteiger partial charge is 0.284 e. The van der Waals surface area contributed by atoms with E-state index < -0.39 is 6.10 Å². The molecule has 0 saturated carbocycles. The number of benzene rings is 2. The molecule has 0 radical (unpaired) electrons. The zero-order valence-corrected chi connectivity index (χ0v) is 14.4. The average Bonchev–Trinajstić information content (AvgIpc) is 2.61. The number of hydrogen-bond donors (Lipinski definition) is 1. The lowest BCUT2D eigenvalue weighted by atomic mass is 10.2. The first kappa shape index (κ1) is 16.3. The molecule has 1 heterocycles. The minimum atomic E-state index is -0.749. The molecule has 1 aliphatic rings. The van der Waals surface area contributed by atoms with E-state index in [1.807, 2.05) is 30.3 Å². The molecule has 1 aliphatic heterocycles. The maximum Gasteiger partial charge on any atom is 0.284 e. The normalized spacial score (nSPS) is 16.0. The minimum Gasteiger partial charge on any atom is -0.496 e. The Morgan fingerprint density at radius 3 is 2.92 bits per heavy atom. The predicted molar refractivity (Wildman–Crippen MR) is 92.8 cm³/mol. The number of methoxy groups -OCH3 is 1. The van der Waals surface area contributed by atoms with Crippen LogP contribution in [0.5, 0.6) is 17.2 Å². The van der Waals surface area contributed by atoms with Gasteiger partial charge in [0.15, 0.2) is 11.5 Å². The Hall–Kier alpha value is -2.54. The highest BCUT2D eigenvalue weighted by Crippen LogP contribution is 2.30. The number of nitrogens with one attached hydrogen (secondary N) is 1. The van der Waals surface area contributed by atoms with Crippen LogP contribution in [0.4, 0.5) is 0 Å². The fourth-order valence-corrected chi connectivity index (χ4v) is 2.57. The largest absolute Gasteiger partial charge is 0.496 e. The molecule has 24 heavy (non-hydrogen) atoms.